The van der Waals surface area contributed by atoms with Crippen LogP contribution in [0.2, 0.25) is 0 Å². The van der Waals surface area contributed by atoms with Crippen molar-refractivity contribution in [3.05, 3.63) is 102 Å². The minimum absolute atomic E-state index is 0.0614. The summed E-state index contributed by atoms with van der Waals surface area (Å²) < 4.78 is 15.4. The molecule has 2 aliphatic heterocycles. The quantitative estimate of drug-likeness (QED) is 0.404. The van der Waals surface area contributed by atoms with Crippen LogP contribution in [0.4, 0.5) is 10.1 Å². The molecule has 3 aromatic carbocycles. The van der Waals surface area contributed by atoms with Crippen molar-refractivity contribution < 1.29 is 9.18 Å². The average Bonchev–Trinajstić information content (AvgIpc) is 3.44. The van der Waals surface area contributed by atoms with Crippen LogP contribution in [0.3, 0.4) is 0 Å². The van der Waals surface area contributed by atoms with E-state index in [1.54, 1.807) is 16.8 Å². The largest absolute Gasteiger partial charge is 0.306 e. The van der Waals surface area contributed by atoms with Crippen LogP contribution in [0.15, 0.2) is 79.0 Å². The van der Waals surface area contributed by atoms with Crippen LogP contribution in [0.1, 0.15) is 33.8 Å². The van der Waals surface area contributed by atoms with Gasteiger partial charge in [-0.2, -0.15) is 5.10 Å². The third-order valence-corrected chi connectivity index (χ3v) is 7.25. The Morgan fingerprint density at radius 2 is 1.80 bits per heavy atom. The first kappa shape index (κ1) is 21.7. The molecule has 1 fully saturated rings. The van der Waals surface area contributed by atoms with E-state index in [1.807, 2.05) is 41.4 Å². The molecule has 5 nitrogen and oxygen atoms in total. The van der Waals surface area contributed by atoms with Crippen molar-refractivity contribution in [1.82, 2.24) is 14.7 Å². The molecule has 4 aromatic rings. The number of carbonyl (C=O) groups excluding carboxylic acids is 1. The zero-order chi connectivity index (χ0) is 24.1. The molecule has 0 aliphatic carbocycles. The summed E-state index contributed by atoms with van der Waals surface area (Å²) in [6, 6.07) is 22.4. The highest BCUT2D eigenvalue weighted by Crippen LogP contribution is 2.46. The van der Waals surface area contributed by atoms with Crippen LogP contribution in [0, 0.1) is 12.7 Å². The number of hydrogen-bond acceptors (Lipinski definition) is 3. The summed E-state index contributed by atoms with van der Waals surface area (Å²) in [7, 11) is 2.15. The molecule has 6 heteroatoms. The van der Waals surface area contributed by atoms with Gasteiger partial charge >= 0.3 is 0 Å². The van der Waals surface area contributed by atoms with Crippen LogP contribution in [0.5, 0.6) is 0 Å². The van der Waals surface area contributed by atoms with Gasteiger partial charge in [-0.15, -0.1) is 0 Å². The second-order valence-corrected chi connectivity index (χ2v) is 9.64. The standard InChI is InChI=1S/C29H27FN4O/c1-19-8-13-26-23(16-19)24-17-32(2)15-14-27(24)34(26)29(35)25-18-33(22-6-4-3-5-7-22)31-28(25)20-9-11-21(30)12-10-20/h3-13,16,18,24,27H,14-15,17H2,1-2H3/t24-,27+/m0/s1. The molecule has 35 heavy (non-hydrogen) atoms. The molecule has 0 unspecified atom stereocenters. The minimum atomic E-state index is -0.317. The van der Waals surface area contributed by atoms with Crippen molar-refractivity contribution >= 4 is 11.6 Å². The molecule has 0 saturated carbocycles. The van der Waals surface area contributed by atoms with E-state index in [9.17, 15) is 9.18 Å². The lowest BCUT2D eigenvalue weighted by atomic mass is 9.88. The Hall–Kier alpha value is -3.77. The van der Waals surface area contributed by atoms with Crippen molar-refractivity contribution in [1.29, 1.82) is 0 Å². The van der Waals surface area contributed by atoms with Gasteiger partial charge in [0, 0.05) is 36.0 Å². The van der Waals surface area contributed by atoms with Gasteiger partial charge in [0.15, 0.2) is 0 Å². The predicted octanol–water partition coefficient (Wildman–Crippen LogP) is 5.43. The predicted molar refractivity (Wildman–Crippen MR) is 136 cm³/mol. The monoisotopic (exact) mass is 466 g/mol. The lowest BCUT2D eigenvalue weighted by Gasteiger charge is -2.36. The summed E-state index contributed by atoms with van der Waals surface area (Å²) >= 11 is 0. The van der Waals surface area contributed by atoms with Crippen molar-refractivity contribution in [3.63, 3.8) is 0 Å². The second kappa shape index (κ2) is 8.47. The number of halogens is 1. The first-order valence-corrected chi connectivity index (χ1v) is 12.0. The molecule has 2 atom stereocenters. The molecule has 2 aliphatic rings. The van der Waals surface area contributed by atoms with E-state index >= 15 is 0 Å². The molecular formula is C29H27FN4O. The minimum Gasteiger partial charge on any atom is -0.306 e. The fourth-order valence-corrected chi connectivity index (χ4v) is 5.54. The van der Waals surface area contributed by atoms with E-state index in [4.69, 9.17) is 5.10 Å². The number of fused-ring (bicyclic) bond motifs is 3. The molecule has 6 rings (SSSR count). The molecule has 1 amide bonds. The first-order chi connectivity index (χ1) is 17.0. The third-order valence-electron chi connectivity index (χ3n) is 7.25. The molecule has 3 heterocycles. The highest BCUT2D eigenvalue weighted by Gasteiger charge is 2.44. The Kier molecular flexibility index (Phi) is 5.26. The molecule has 1 saturated heterocycles. The van der Waals surface area contributed by atoms with E-state index in [0.717, 1.165) is 30.9 Å². The number of carbonyl (C=O) groups is 1. The zero-order valence-electron chi connectivity index (χ0n) is 19.9. The number of para-hydroxylation sites is 1. The fraction of sp³-hybridized carbons (Fsp3) is 0.241. The third kappa shape index (κ3) is 3.74. The van der Waals surface area contributed by atoms with Gasteiger partial charge in [-0.1, -0.05) is 35.9 Å². The van der Waals surface area contributed by atoms with Crippen LogP contribution < -0.4 is 4.90 Å². The van der Waals surface area contributed by atoms with Crippen molar-refractivity contribution in [2.75, 3.05) is 25.0 Å². The van der Waals surface area contributed by atoms with E-state index in [0.29, 0.717) is 16.8 Å². The summed E-state index contributed by atoms with van der Waals surface area (Å²) in [6.45, 7) is 3.98. The molecule has 176 valence electrons. The van der Waals surface area contributed by atoms with Gasteiger partial charge in [0.1, 0.15) is 11.5 Å². The van der Waals surface area contributed by atoms with Gasteiger partial charge < -0.3 is 9.80 Å². The summed E-state index contributed by atoms with van der Waals surface area (Å²) in [5.41, 5.74) is 6.10. The van der Waals surface area contributed by atoms with E-state index in [1.165, 1.54) is 23.3 Å². The van der Waals surface area contributed by atoms with Crippen LogP contribution in [-0.2, 0) is 0 Å². The molecule has 1 aromatic heterocycles. The van der Waals surface area contributed by atoms with E-state index < -0.39 is 0 Å². The second-order valence-electron chi connectivity index (χ2n) is 9.64. The number of benzene rings is 3. The molecule has 0 bridgehead atoms. The number of aryl methyl sites for hydroxylation is 1. The number of nitrogens with zero attached hydrogens (tertiary/aromatic N) is 4. The van der Waals surface area contributed by atoms with Crippen LogP contribution in [-0.4, -0.2) is 46.8 Å². The number of anilines is 1. The Labute approximate surface area is 204 Å². The maximum Gasteiger partial charge on any atom is 0.262 e. The highest BCUT2D eigenvalue weighted by molar-refractivity contribution is 6.11. The van der Waals surface area contributed by atoms with E-state index in [2.05, 4.69) is 37.1 Å². The van der Waals surface area contributed by atoms with Gasteiger partial charge in [0.25, 0.3) is 5.91 Å². The first-order valence-electron chi connectivity index (χ1n) is 12.0. The van der Waals surface area contributed by atoms with Crippen LogP contribution in [0.25, 0.3) is 16.9 Å². The van der Waals surface area contributed by atoms with Crippen LogP contribution >= 0.6 is 0 Å². The highest BCUT2D eigenvalue weighted by atomic mass is 19.1. The van der Waals surface area contributed by atoms with Gasteiger partial charge in [-0.25, -0.2) is 9.07 Å². The number of amides is 1. The summed E-state index contributed by atoms with van der Waals surface area (Å²) in [5.74, 6) is -0.0955. The maximum atomic E-state index is 14.3. The Morgan fingerprint density at radius 3 is 2.57 bits per heavy atom. The summed E-state index contributed by atoms with van der Waals surface area (Å²) in [5, 5.41) is 4.80. The van der Waals surface area contributed by atoms with Crippen molar-refractivity contribution in [3.8, 4) is 16.9 Å². The van der Waals surface area contributed by atoms with Gasteiger partial charge in [0.05, 0.1) is 11.3 Å². The number of piperidine rings is 1. The SMILES string of the molecule is Cc1ccc2c(c1)[C@@H]1CN(C)CC[C@H]1N2C(=O)c1cn(-c2ccccc2)nc1-c1ccc(F)cc1. The molecule has 0 N–H and O–H groups in total. The maximum absolute atomic E-state index is 14.3. The number of likely N-dealkylation sites (N-methyl/N-ethyl adjacent to an activating group) is 1. The van der Waals surface area contributed by atoms with Crippen molar-refractivity contribution in [2.24, 2.45) is 0 Å². The number of rotatable bonds is 3. The molecular weight excluding hydrogens is 439 g/mol. The molecule has 0 spiro atoms. The average molecular weight is 467 g/mol. The Bertz CT molecular complexity index is 1400. The lowest BCUT2D eigenvalue weighted by molar-refractivity contribution is 0.0965. The van der Waals surface area contributed by atoms with Gasteiger partial charge in [0.2, 0.25) is 0 Å². The number of hydrogen-bond donors (Lipinski definition) is 0. The Balaban J connectivity index is 1.48. The summed E-state index contributed by atoms with van der Waals surface area (Å²) in [6.07, 6.45) is 2.73. The lowest BCUT2D eigenvalue weighted by Crippen LogP contribution is -2.47. The number of aromatic nitrogens is 2. The van der Waals surface area contributed by atoms with E-state index in [-0.39, 0.29) is 23.7 Å². The summed E-state index contributed by atoms with van der Waals surface area (Å²) in [4.78, 5) is 18.7. The normalized spacial score (nSPS) is 19.5. The molecule has 0 radical (unpaired) electrons. The fourth-order valence-electron chi connectivity index (χ4n) is 5.54. The van der Waals surface area contributed by atoms with Crippen molar-refractivity contribution in [2.45, 2.75) is 25.3 Å². The number of likely N-dealkylation sites (tertiary alicyclic amines) is 1. The zero-order valence-corrected chi connectivity index (χ0v) is 19.9. The topological polar surface area (TPSA) is 41.4 Å². The van der Waals surface area contributed by atoms with Gasteiger partial charge in [-0.05, 0) is 75.0 Å². The smallest absolute Gasteiger partial charge is 0.262 e. The Morgan fingerprint density at radius 1 is 1.03 bits per heavy atom. The van der Waals surface area contributed by atoms with Gasteiger partial charge in [-0.3, -0.25) is 4.79 Å².